The van der Waals surface area contributed by atoms with Crippen molar-refractivity contribution in [2.75, 3.05) is 20.2 Å². The highest BCUT2D eigenvalue weighted by molar-refractivity contribution is 5.41. The predicted octanol–water partition coefficient (Wildman–Crippen LogP) is 3.50. The molecular weight excluding hydrogens is 369 g/mol. The summed E-state index contributed by atoms with van der Waals surface area (Å²) in [5.74, 6) is -1.61. The van der Waals surface area contributed by atoms with Crippen molar-refractivity contribution < 1.29 is 13.9 Å². The van der Waals surface area contributed by atoms with Crippen molar-refractivity contribution in [3.8, 4) is 6.07 Å². The second-order valence-corrected chi connectivity index (χ2v) is 7.61. The number of likely N-dealkylation sites (tertiary alicyclic amines) is 1. The van der Waals surface area contributed by atoms with E-state index in [2.05, 4.69) is 23.1 Å². The monoisotopic (exact) mass is 393 g/mol. The van der Waals surface area contributed by atoms with E-state index in [9.17, 15) is 9.65 Å². The summed E-state index contributed by atoms with van der Waals surface area (Å²) in [5, 5.41) is 9.80. The Kier molecular flexibility index (Phi) is 5.27. The van der Waals surface area contributed by atoms with Crippen LogP contribution in [0.4, 0.5) is 4.39 Å². The van der Waals surface area contributed by atoms with Gasteiger partial charge in [0.05, 0.1) is 5.57 Å². The van der Waals surface area contributed by atoms with Crippen LogP contribution < -0.4 is 5.73 Å². The molecule has 0 saturated carbocycles. The van der Waals surface area contributed by atoms with Crippen LogP contribution in [0.2, 0.25) is 0 Å². The molecule has 29 heavy (non-hydrogen) atoms. The van der Waals surface area contributed by atoms with E-state index in [4.69, 9.17) is 15.2 Å². The van der Waals surface area contributed by atoms with Gasteiger partial charge in [0.1, 0.15) is 11.9 Å². The first-order chi connectivity index (χ1) is 14.1. The van der Waals surface area contributed by atoms with E-state index in [0.717, 1.165) is 18.7 Å². The van der Waals surface area contributed by atoms with Crippen LogP contribution in [0.3, 0.4) is 0 Å². The summed E-state index contributed by atoms with van der Waals surface area (Å²) < 4.78 is 25.4. The second-order valence-electron chi connectivity index (χ2n) is 7.61. The van der Waals surface area contributed by atoms with Crippen LogP contribution in [0, 0.1) is 23.1 Å². The molecule has 2 N–H and O–H groups in total. The topological polar surface area (TPSA) is 71.5 Å². The molecule has 2 aliphatic rings. The normalized spacial score (nSPS) is 27.1. The van der Waals surface area contributed by atoms with Gasteiger partial charge in [-0.15, -0.1) is 0 Å². The molecule has 2 aliphatic heterocycles. The van der Waals surface area contributed by atoms with E-state index in [1.807, 2.05) is 18.2 Å². The number of piperidine rings is 1. The average Bonchev–Trinajstić information content (AvgIpc) is 2.74. The Balaban J connectivity index is 1.71. The predicted molar refractivity (Wildman–Crippen MR) is 107 cm³/mol. The molecule has 1 fully saturated rings. The molecule has 5 nitrogen and oxygen atoms in total. The van der Waals surface area contributed by atoms with Crippen LogP contribution in [0.15, 0.2) is 66.1 Å². The van der Waals surface area contributed by atoms with Crippen LogP contribution in [0.25, 0.3) is 0 Å². The van der Waals surface area contributed by atoms with Crippen molar-refractivity contribution in [3.63, 3.8) is 0 Å². The average molecular weight is 393 g/mol. The minimum atomic E-state index is -0.906. The van der Waals surface area contributed by atoms with Crippen LogP contribution in [-0.2, 0) is 16.0 Å². The van der Waals surface area contributed by atoms with E-state index in [-0.39, 0.29) is 23.5 Å². The summed E-state index contributed by atoms with van der Waals surface area (Å²) in [6, 6.07) is 18.7. The van der Waals surface area contributed by atoms with Crippen molar-refractivity contribution >= 4 is 0 Å². The first-order valence-electron chi connectivity index (χ1n) is 9.72. The zero-order valence-electron chi connectivity index (χ0n) is 16.3. The molecule has 6 heteroatoms. The molecule has 2 aromatic carbocycles. The first kappa shape index (κ1) is 19.4. The number of halogens is 1. The summed E-state index contributed by atoms with van der Waals surface area (Å²) in [7, 11) is 1.62. The lowest BCUT2D eigenvalue weighted by molar-refractivity contribution is -0.266. The first-order valence-corrected chi connectivity index (χ1v) is 9.72. The van der Waals surface area contributed by atoms with E-state index in [0.29, 0.717) is 18.5 Å². The molecule has 0 aliphatic carbocycles. The number of nitrogens with zero attached hydrogens (tertiary/aromatic N) is 2. The Morgan fingerprint density at radius 2 is 1.97 bits per heavy atom. The lowest BCUT2D eigenvalue weighted by atomic mass is 9.72. The maximum atomic E-state index is 13.5. The standard InChI is InChI=1S/C23H24FN3O2/c1-28-23-11-12-27(14-16-5-3-2-4-6-16)15-20(23)21(19(13-25)22(26)29-23)17-7-9-18(24)10-8-17/h2-10,20-21H,11-12,14-15,26H2,1H3/t20-,21+,23+/m0/s1. The Hall–Kier alpha value is -2.88. The van der Waals surface area contributed by atoms with Crippen molar-refractivity contribution in [1.82, 2.24) is 4.90 Å². The zero-order chi connectivity index (χ0) is 20.4. The highest BCUT2D eigenvalue weighted by Gasteiger charge is 2.54. The lowest BCUT2D eigenvalue weighted by Gasteiger charge is -2.51. The van der Waals surface area contributed by atoms with Gasteiger partial charge in [0.15, 0.2) is 0 Å². The molecule has 0 bridgehead atoms. The van der Waals surface area contributed by atoms with Gasteiger partial charge in [-0.05, 0) is 23.3 Å². The molecule has 0 unspecified atom stereocenters. The Morgan fingerprint density at radius 3 is 2.62 bits per heavy atom. The maximum absolute atomic E-state index is 13.5. The molecule has 3 atom stereocenters. The van der Waals surface area contributed by atoms with Crippen molar-refractivity contribution in [2.45, 2.75) is 24.7 Å². The third kappa shape index (κ3) is 3.59. The summed E-state index contributed by atoms with van der Waals surface area (Å²) in [6.45, 7) is 2.25. The highest BCUT2D eigenvalue weighted by Crippen LogP contribution is 2.49. The third-order valence-electron chi connectivity index (χ3n) is 6.00. The van der Waals surface area contributed by atoms with Crippen LogP contribution in [-0.4, -0.2) is 30.9 Å². The number of hydrogen-bond acceptors (Lipinski definition) is 5. The van der Waals surface area contributed by atoms with Crippen LogP contribution >= 0.6 is 0 Å². The number of nitrogens with two attached hydrogens (primary N) is 1. The SMILES string of the molecule is CO[C@@]12CCN(Cc3ccccc3)C[C@H]1[C@H](c1ccc(F)cc1)C(C#N)=C(N)O2. The number of fused-ring (bicyclic) bond motifs is 1. The number of methoxy groups -OCH3 is 1. The minimum absolute atomic E-state index is 0.0939. The van der Waals surface area contributed by atoms with Gasteiger partial charge in [-0.3, -0.25) is 4.90 Å². The smallest absolute Gasteiger partial charge is 0.218 e. The summed E-state index contributed by atoms with van der Waals surface area (Å²) in [5.41, 5.74) is 8.57. The number of ether oxygens (including phenoxy) is 2. The fraction of sp³-hybridized carbons (Fsp3) is 0.348. The fourth-order valence-electron chi connectivity index (χ4n) is 4.56. The van der Waals surface area contributed by atoms with Gasteiger partial charge in [-0.2, -0.15) is 5.26 Å². The quantitative estimate of drug-likeness (QED) is 0.861. The lowest BCUT2D eigenvalue weighted by Crippen LogP contribution is -2.58. The molecule has 2 heterocycles. The van der Waals surface area contributed by atoms with Crippen molar-refractivity contribution in [1.29, 1.82) is 5.26 Å². The van der Waals surface area contributed by atoms with Gasteiger partial charge < -0.3 is 15.2 Å². The summed E-state index contributed by atoms with van der Waals surface area (Å²) in [6.07, 6.45) is 0.623. The van der Waals surface area contributed by atoms with Gasteiger partial charge in [-0.25, -0.2) is 4.39 Å². The van der Waals surface area contributed by atoms with Gasteiger partial charge in [-0.1, -0.05) is 42.5 Å². The highest BCUT2D eigenvalue weighted by atomic mass is 19.1. The van der Waals surface area contributed by atoms with Gasteiger partial charge >= 0.3 is 0 Å². The number of allylic oxidation sites excluding steroid dienone is 1. The van der Waals surface area contributed by atoms with Gasteiger partial charge in [0.25, 0.3) is 0 Å². The largest absolute Gasteiger partial charge is 0.446 e. The van der Waals surface area contributed by atoms with E-state index in [1.54, 1.807) is 19.2 Å². The van der Waals surface area contributed by atoms with Crippen LogP contribution in [0.5, 0.6) is 0 Å². The summed E-state index contributed by atoms with van der Waals surface area (Å²) >= 11 is 0. The fourth-order valence-corrected chi connectivity index (χ4v) is 4.56. The molecule has 2 aromatic rings. The molecule has 150 valence electrons. The van der Waals surface area contributed by atoms with Crippen LogP contribution in [0.1, 0.15) is 23.5 Å². The molecule has 0 spiro atoms. The molecule has 0 radical (unpaired) electrons. The Bertz CT molecular complexity index is 939. The minimum Gasteiger partial charge on any atom is -0.446 e. The summed E-state index contributed by atoms with van der Waals surface area (Å²) in [4.78, 5) is 2.34. The molecule has 0 amide bonds. The Morgan fingerprint density at radius 1 is 1.24 bits per heavy atom. The van der Waals surface area contributed by atoms with Crippen molar-refractivity contribution in [2.24, 2.45) is 11.7 Å². The van der Waals surface area contributed by atoms with Gasteiger partial charge in [0.2, 0.25) is 11.7 Å². The molecular formula is C23H24FN3O2. The number of benzene rings is 2. The van der Waals surface area contributed by atoms with E-state index < -0.39 is 5.79 Å². The zero-order valence-corrected chi connectivity index (χ0v) is 16.3. The molecule has 0 aromatic heterocycles. The van der Waals surface area contributed by atoms with E-state index in [1.165, 1.54) is 17.7 Å². The van der Waals surface area contributed by atoms with Gasteiger partial charge in [0, 0.05) is 45.0 Å². The Labute approximate surface area is 170 Å². The van der Waals surface area contributed by atoms with Crippen molar-refractivity contribution in [3.05, 3.63) is 83.0 Å². The third-order valence-corrected chi connectivity index (χ3v) is 6.00. The molecule has 4 rings (SSSR count). The maximum Gasteiger partial charge on any atom is 0.218 e. The van der Waals surface area contributed by atoms with E-state index >= 15 is 0 Å². The number of nitriles is 1. The second kappa shape index (κ2) is 7.86. The number of hydrogen-bond donors (Lipinski definition) is 1. The number of rotatable bonds is 4. The molecule has 1 saturated heterocycles.